The summed E-state index contributed by atoms with van der Waals surface area (Å²) in [6.45, 7) is 8.86. The maximum absolute atomic E-state index is 6.15. The summed E-state index contributed by atoms with van der Waals surface area (Å²) in [6, 6.07) is 6.32. The summed E-state index contributed by atoms with van der Waals surface area (Å²) >= 11 is 0. The zero-order chi connectivity index (χ0) is 17.7. The number of rotatable bonds is 6. The molecule has 1 aromatic carbocycles. The Morgan fingerprint density at radius 1 is 1.31 bits per heavy atom. The number of ether oxygens (including phenoxy) is 3. The van der Waals surface area contributed by atoms with E-state index in [1.165, 1.54) is 5.56 Å². The number of nitrogens with one attached hydrogen (secondary N) is 2. The lowest BCUT2D eigenvalue weighted by Crippen LogP contribution is -2.50. The van der Waals surface area contributed by atoms with Crippen LogP contribution in [0.25, 0.3) is 0 Å². The molecule has 0 bridgehead atoms. The van der Waals surface area contributed by atoms with E-state index >= 15 is 0 Å². The number of guanidine groups is 1. The number of halogens is 1. The number of hydrogen-bond donors (Lipinski definition) is 2. The molecule has 0 saturated carbocycles. The minimum Gasteiger partial charge on any atom is -0.488 e. The molecule has 1 unspecified atom stereocenters. The van der Waals surface area contributed by atoms with Gasteiger partial charge in [-0.3, -0.25) is 4.99 Å². The number of aryl methyl sites for hydroxylation is 1. The summed E-state index contributed by atoms with van der Waals surface area (Å²) in [4.78, 5) is 4.31. The van der Waals surface area contributed by atoms with Crippen molar-refractivity contribution in [3.63, 3.8) is 0 Å². The van der Waals surface area contributed by atoms with E-state index < -0.39 is 0 Å². The van der Waals surface area contributed by atoms with Crippen LogP contribution in [0.15, 0.2) is 23.2 Å². The molecule has 2 aliphatic rings. The van der Waals surface area contributed by atoms with Gasteiger partial charge in [-0.2, -0.15) is 0 Å². The van der Waals surface area contributed by atoms with E-state index in [1.54, 1.807) is 7.05 Å². The molecule has 0 radical (unpaired) electrons. The van der Waals surface area contributed by atoms with Crippen LogP contribution in [0.4, 0.5) is 0 Å². The van der Waals surface area contributed by atoms with E-state index in [-0.39, 0.29) is 35.5 Å². The van der Waals surface area contributed by atoms with Gasteiger partial charge in [-0.25, -0.2) is 0 Å². The van der Waals surface area contributed by atoms with Crippen LogP contribution >= 0.6 is 24.0 Å². The first kappa shape index (κ1) is 21.2. The van der Waals surface area contributed by atoms with Gasteiger partial charge in [0.2, 0.25) is 0 Å². The molecule has 26 heavy (non-hydrogen) atoms. The monoisotopic (exact) mass is 475 g/mol. The lowest BCUT2D eigenvalue weighted by molar-refractivity contribution is -0.0971. The van der Waals surface area contributed by atoms with Gasteiger partial charge >= 0.3 is 0 Å². The van der Waals surface area contributed by atoms with Crippen LogP contribution in [-0.2, 0) is 16.0 Å². The quantitative estimate of drug-likeness (QED) is 0.376. The molecule has 1 aromatic rings. The molecule has 1 atom stereocenters. The van der Waals surface area contributed by atoms with Crippen LogP contribution in [0, 0.1) is 12.3 Å². The summed E-state index contributed by atoms with van der Waals surface area (Å²) in [6.07, 6.45) is 1.10. The third kappa shape index (κ3) is 5.72. The molecular formula is C19H30IN3O3. The van der Waals surface area contributed by atoms with Crippen molar-refractivity contribution in [2.45, 2.75) is 32.9 Å². The van der Waals surface area contributed by atoms with Gasteiger partial charge in [0.25, 0.3) is 0 Å². The highest BCUT2D eigenvalue weighted by molar-refractivity contribution is 14.0. The Labute approximate surface area is 173 Å². The zero-order valence-electron chi connectivity index (χ0n) is 15.8. The maximum Gasteiger partial charge on any atom is 0.191 e. The van der Waals surface area contributed by atoms with Crippen LogP contribution in [-0.4, -0.2) is 52.1 Å². The van der Waals surface area contributed by atoms with Crippen molar-refractivity contribution in [1.29, 1.82) is 0 Å². The van der Waals surface area contributed by atoms with Crippen molar-refractivity contribution in [3.8, 4) is 5.75 Å². The Morgan fingerprint density at radius 2 is 2.12 bits per heavy atom. The number of hydrogen-bond acceptors (Lipinski definition) is 4. The van der Waals surface area contributed by atoms with Gasteiger partial charge in [0, 0.05) is 37.5 Å². The molecule has 3 rings (SSSR count). The normalized spacial score (nSPS) is 21.5. The van der Waals surface area contributed by atoms with E-state index in [1.807, 2.05) is 0 Å². The molecule has 0 spiro atoms. The lowest BCUT2D eigenvalue weighted by Gasteiger charge is -2.38. The fourth-order valence-electron chi connectivity index (χ4n) is 2.95. The van der Waals surface area contributed by atoms with Crippen molar-refractivity contribution in [2.75, 3.05) is 40.0 Å². The fraction of sp³-hybridized carbons (Fsp3) is 0.632. The van der Waals surface area contributed by atoms with E-state index in [0.717, 1.165) is 50.1 Å². The van der Waals surface area contributed by atoms with Crippen molar-refractivity contribution >= 4 is 29.9 Å². The van der Waals surface area contributed by atoms with Crippen LogP contribution < -0.4 is 15.4 Å². The van der Waals surface area contributed by atoms with Gasteiger partial charge in [0.05, 0.1) is 26.4 Å². The van der Waals surface area contributed by atoms with Gasteiger partial charge < -0.3 is 24.8 Å². The Balaban J connectivity index is 0.00000243. The molecule has 0 aromatic heterocycles. The summed E-state index contributed by atoms with van der Waals surface area (Å²) in [5.41, 5.74) is 2.52. The summed E-state index contributed by atoms with van der Waals surface area (Å²) in [7, 11) is 1.79. The number of nitrogens with zero attached hydrogens (tertiary/aromatic N) is 1. The van der Waals surface area contributed by atoms with Gasteiger partial charge in [0.15, 0.2) is 5.96 Å². The second-order valence-corrected chi connectivity index (χ2v) is 7.30. The first-order chi connectivity index (χ1) is 12.1. The minimum atomic E-state index is 0. The van der Waals surface area contributed by atoms with Crippen molar-refractivity contribution in [2.24, 2.45) is 10.4 Å². The van der Waals surface area contributed by atoms with E-state index in [0.29, 0.717) is 13.2 Å². The van der Waals surface area contributed by atoms with Crippen LogP contribution in [0.1, 0.15) is 24.5 Å². The molecule has 2 aliphatic heterocycles. The molecule has 2 N–H and O–H groups in total. The SMILES string of the molecule is CN=C(NCc1ccc(C)cc1OC1CCOC1)NCC1(C)COC1.I. The molecule has 7 heteroatoms. The third-order valence-corrected chi connectivity index (χ3v) is 4.66. The van der Waals surface area contributed by atoms with Crippen molar-refractivity contribution in [3.05, 3.63) is 29.3 Å². The summed E-state index contributed by atoms with van der Waals surface area (Å²) in [5.74, 6) is 1.72. The van der Waals surface area contributed by atoms with Gasteiger partial charge in [-0.1, -0.05) is 19.1 Å². The molecule has 0 aliphatic carbocycles. The second-order valence-electron chi connectivity index (χ2n) is 7.30. The lowest BCUT2D eigenvalue weighted by atomic mass is 9.89. The second kappa shape index (κ2) is 9.75. The van der Waals surface area contributed by atoms with E-state index in [9.17, 15) is 0 Å². The first-order valence-corrected chi connectivity index (χ1v) is 8.94. The molecular weight excluding hydrogens is 445 g/mol. The standard InChI is InChI=1S/C19H29N3O3.HI/c1-14-4-5-15(17(8-14)25-16-6-7-23-10-16)9-21-18(20-3)22-11-19(2)12-24-13-19;/h4-5,8,16H,6-7,9-13H2,1-3H3,(H2,20,21,22);1H. The van der Waals surface area contributed by atoms with Gasteiger partial charge in [-0.05, 0) is 18.6 Å². The molecule has 146 valence electrons. The molecule has 2 heterocycles. The molecule has 2 fully saturated rings. The highest BCUT2D eigenvalue weighted by Gasteiger charge is 2.33. The number of benzene rings is 1. The highest BCUT2D eigenvalue weighted by atomic mass is 127. The van der Waals surface area contributed by atoms with Crippen molar-refractivity contribution in [1.82, 2.24) is 10.6 Å². The van der Waals surface area contributed by atoms with Gasteiger partial charge in [0.1, 0.15) is 11.9 Å². The predicted octanol–water partition coefficient (Wildman–Crippen LogP) is 2.48. The molecule has 2 saturated heterocycles. The summed E-state index contributed by atoms with van der Waals surface area (Å²) < 4.78 is 16.9. The fourth-order valence-corrected chi connectivity index (χ4v) is 2.95. The zero-order valence-corrected chi connectivity index (χ0v) is 18.2. The minimum absolute atomic E-state index is 0. The Bertz CT molecular complexity index is 614. The summed E-state index contributed by atoms with van der Waals surface area (Å²) in [5, 5.41) is 6.76. The highest BCUT2D eigenvalue weighted by Crippen LogP contribution is 2.25. The van der Waals surface area contributed by atoms with Crippen LogP contribution in [0.2, 0.25) is 0 Å². The Hall–Kier alpha value is -1.06. The van der Waals surface area contributed by atoms with E-state index in [4.69, 9.17) is 14.2 Å². The smallest absolute Gasteiger partial charge is 0.191 e. The Morgan fingerprint density at radius 3 is 2.73 bits per heavy atom. The molecule has 6 nitrogen and oxygen atoms in total. The third-order valence-electron chi connectivity index (χ3n) is 4.66. The topological polar surface area (TPSA) is 64.1 Å². The average molecular weight is 475 g/mol. The molecule has 0 amide bonds. The maximum atomic E-state index is 6.15. The largest absolute Gasteiger partial charge is 0.488 e. The van der Waals surface area contributed by atoms with Crippen LogP contribution in [0.3, 0.4) is 0 Å². The predicted molar refractivity (Wildman–Crippen MR) is 114 cm³/mol. The first-order valence-electron chi connectivity index (χ1n) is 8.94. The Kier molecular flexibility index (Phi) is 7.97. The van der Waals surface area contributed by atoms with Crippen molar-refractivity contribution < 1.29 is 14.2 Å². The van der Waals surface area contributed by atoms with E-state index in [2.05, 4.69) is 47.7 Å². The average Bonchev–Trinajstić information content (AvgIpc) is 3.08. The van der Waals surface area contributed by atoms with Crippen LogP contribution in [0.5, 0.6) is 5.75 Å². The van der Waals surface area contributed by atoms with Gasteiger partial charge in [-0.15, -0.1) is 24.0 Å². The number of aliphatic imine (C=N–C) groups is 1.